The minimum atomic E-state index is 0.774. The van der Waals surface area contributed by atoms with Gasteiger partial charge in [-0.15, -0.1) is 11.3 Å². The van der Waals surface area contributed by atoms with E-state index in [4.69, 9.17) is 0 Å². The van der Waals surface area contributed by atoms with E-state index in [0.717, 1.165) is 38.6 Å². The number of rotatable bonds is 8. The molecule has 1 heterocycles. The van der Waals surface area contributed by atoms with Crippen LogP contribution in [0.3, 0.4) is 0 Å². The number of hydrogen-bond acceptors (Lipinski definition) is 4. The molecule has 1 fully saturated rings. The molecule has 0 saturated heterocycles. The van der Waals surface area contributed by atoms with Gasteiger partial charge in [0.25, 0.3) is 0 Å². The van der Waals surface area contributed by atoms with Crippen molar-refractivity contribution in [3.8, 4) is 0 Å². The van der Waals surface area contributed by atoms with Crippen LogP contribution < -0.4 is 5.32 Å². The molecule has 0 radical (unpaired) electrons. The van der Waals surface area contributed by atoms with E-state index in [1.807, 2.05) is 0 Å². The van der Waals surface area contributed by atoms with Gasteiger partial charge in [-0.25, -0.2) is 4.98 Å². The second-order valence-electron chi connectivity index (χ2n) is 4.66. The fraction of sp³-hybridized carbons (Fsp3) is 0.769. The Bertz CT molecular complexity index is 329. The molecule has 0 aliphatic heterocycles. The van der Waals surface area contributed by atoms with Crippen molar-refractivity contribution < 1.29 is 0 Å². The van der Waals surface area contributed by atoms with E-state index in [2.05, 4.69) is 34.4 Å². The third-order valence-electron chi connectivity index (χ3n) is 3.28. The number of nitrogens with zero attached hydrogens (tertiary/aromatic N) is 2. The predicted molar refractivity (Wildman–Crippen MR) is 73.5 cm³/mol. The van der Waals surface area contributed by atoms with Gasteiger partial charge in [0.1, 0.15) is 0 Å². The van der Waals surface area contributed by atoms with Crippen molar-refractivity contribution in [3.63, 3.8) is 0 Å². The van der Waals surface area contributed by atoms with Crippen LogP contribution in [-0.2, 0) is 13.0 Å². The van der Waals surface area contributed by atoms with Gasteiger partial charge in [-0.2, -0.15) is 0 Å². The molecule has 1 aliphatic rings. The van der Waals surface area contributed by atoms with Crippen LogP contribution in [0.2, 0.25) is 0 Å². The largest absolute Gasteiger partial charge is 0.308 e. The van der Waals surface area contributed by atoms with Crippen LogP contribution in [-0.4, -0.2) is 35.6 Å². The molecule has 0 amide bonds. The molecule has 0 atom stereocenters. The lowest BCUT2D eigenvalue weighted by Gasteiger charge is -2.16. The van der Waals surface area contributed by atoms with Crippen molar-refractivity contribution in [2.24, 2.45) is 0 Å². The summed E-state index contributed by atoms with van der Waals surface area (Å²) in [5, 5.41) is 6.99. The highest BCUT2D eigenvalue weighted by Gasteiger charge is 2.20. The molecule has 1 saturated carbocycles. The average Bonchev–Trinajstić information content (AvgIpc) is 3.07. The number of aromatic nitrogens is 1. The molecule has 3 nitrogen and oxygen atoms in total. The zero-order valence-electron chi connectivity index (χ0n) is 10.9. The zero-order chi connectivity index (χ0) is 12.1. The van der Waals surface area contributed by atoms with Gasteiger partial charge < -0.3 is 10.2 Å². The van der Waals surface area contributed by atoms with Crippen molar-refractivity contribution in [2.75, 3.05) is 19.6 Å². The number of likely N-dealkylation sites (N-methyl/N-ethyl adjacent to an activating group) is 1. The van der Waals surface area contributed by atoms with Crippen LogP contribution >= 0.6 is 11.3 Å². The average molecular weight is 253 g/mol. The van der Waals surface area contributed by atoms with E-state index < -0.39 is 0 Å². The van der Waals surface area contributed by atoms with E-state index in [-0.39, 0.29) is 0 Å². The molecule has 0 aromatic carbocycles. The maximum absolute atomic E-state index is 4.68. The Balaban J connectivity index is 1.72. The van der Waals surface area contributed by atoms with Crippen LogP contribution in [0.1, 0.15) is 37.4 Å². The van der Waals surface area contributed by atoms with Crippen molar-refractivity contribution in [2.45, 2.75) is 45.7 Å². The van der Waals surface area contributed by atoms with E-state index in [1.165, 1.54) is 23.5 Å². The van der Waals surface area contributed by atoms with Crippen molar-refractivity contribution in [1.29, 1.82) is 0 Å². The first kappa shape index (κ1) is 13.0. The van der Waals surface area contributed by atoms with E-state index in [0.29, 0.717) is 0 Å². The second-order valence-corrected chi connectivity index (χ2v) is 5.61. The maximum atomic E-state index is 4.68. The van der Waals surface area contributed by atoms with Gasteiger partial charge in [0, 0.05) is 30.9 Å². The first-order chi connectivity index (χ1) is 8.31. The normalized spacial score (nSPS) is 15.7. The van der Waals surface area contributed by atoms with Crippen LogP contribution in [0.25, 0.3) is 0 Å². The third kappa shape index (κ3) is 4.37. The molecule has 0 spiro atoms. The Kier molecular flexibility index (Phi) is 4.95. The van der Waals surface area contributed by atoms with Crippen LogP contribution in [0.5, 0.6) is 0 Å². The van der Waals surface area contributed by atoms with Crippen LogP contribution in [0.15, 0.2) is 5.38 Å². The van der Waals surface area contributed by atoms with Crippen molar-refractivity contribution in [1.82, 2.24) is 15.2 Å². The zero-order valence-corrected chi connectivity index (χ0v) is 11.7. The third-order valence-corrected chi connectivity index (χ3v) is 4.24. The monoisotopic (exact) mass is 253 g/mol. The summed E-state index contributed by atoms with van der Waals surface area (Å²) in [7, 11) is 0. The first-order valence-electron chi connectivity index (χ1n) is 6.70. The fourth-order valence-electron chi connectivity index (χ4n) is 1.87. The Hall–Kier alpha value is -0.450. The number of thiazole rings is 1. The van der Waals surface area contributed by atoms with Gasteiger partial charge >= 0.3 is 0 Å². The molecule has 1 aromatic heterocycles. The highest BCUT2D eigenvalue weighted by molar-refractivity contribution is 7.09. The first-order valence-corrected chi connectivity index (χ1v) is 7.58. The van der Waals surface area contributed by atoms with E-state index in [9.17, 15) is 0 Å². The topological polar surface area (TPSA) is 28.2 Å². The van der Waals surface area contributed by atoms with Crippen molar-refractivity contribution in [3.05, 3.63) is 16.1 Å². The van der Waals surface area contributed by atoms with Crippen LogP contribution in [0.4, 0.5) is 0 Å². The Morgan fingerprint density at radius 3 is 2.82 bits per heavy atom. The quantitative estimate of drug-likeness (QED) is 0.770. The summed E-state index contributed by atoms with van der Waals surface area (Å²) in [6.07, 6.45) is 3.79. The molecule has 1 N–H and O–H groups in total. The Morgan fingerprint density at radius 2 is 2.18 bits per heavy atom. The van der Waals surface area contributed by atoms with Crippen molar-refractivity contribution >= 4 is 11.3 Å². The fourth-order valence-corrected chi connectivity index (χ4v) is 2.66. The standard InChI is InChI=1S/C13H23N3S/c1-3-16(4-2)8-7-13-15-12(10-17-13)9-14-11-5-6-11/h10-11,14H,3-9H2,1-2H3. The predicted octanol–water partition coefficient (Wildman–Crippen LogP) is 2.28. The molecular formula is C13H23N3S. The molecule has 0 unspecified atom stereocenters. The van der Waals surface area contributed by atoms with Gasteiger partial charge in [-0.3, -0.25) is 0 Å². The minimum absolute atomic E-state index is 0.774. The summed E-state index contributed by atoms with van der Waals surface area (Å²) < 4.78 is 0. The minimum Gasteiger partial charge on any atom is -0.308 e. The van der Waals surface area contributed by atoms with Gasteiger partial charge in [-0.1, -0.05) is 13.8 Å². The summed E-state index contributed by atoms with van der Waals surface area (Å²) in [5.74, 6) is 0. The maximum Gasteiger partial charge on any atom is 0.0941 e. The highest BCUT2D eigenvalue weighted by Crippen LogP contribution is 2.19. The SMILES string of the molecule is CCN(CC)CCc1nc(CNC2CC2)cs1. The van der Waals surface area contributed by atoms with Gasteiger partial charge in [0.2, 0.25) is 0 Å². The second kappa shape index (κ2) is 6.47. The molecule has 0 bridgehead atoms. The van der Waals surface area contributed by atoms with E-state index >= 15 is 0 Å². The summed E-state index contributed by atoms with van der Waals surface area (Å²) in [4.78, 5) is 7.13. The molecule has 1 aromatic rings. The smallest absolute Gasteiger partial charge is 0.0941 e. The molecule has 17 heavy (non-hydrogen) atoms. The molecule has 4 heteroatoms. The molecule has 96 valence electrons. The van der Waals surface area contributed by atoms with Gasteiger partial charge in [-0.05, 0) is 25.9 Å². The van der Waals surface area contributed by atoms with Crippen LogP contribution in [0, 0.1) is 0 Å². The number of hydrogen-bond donors (Lipinski definition) is 1. The number of nitrogens with one attached hydrogen (secondary N) is 1. The lowest BCUT2D eigenvalue weighted by atomic mass is 10.4. The Labute approximate surface area is 108 Å². The summed E-state index contributed by atoms with van der Waals surface area (Å²) in [6, 6.07) is 0.774. The lowest BCUT2D eigenvalue weighted by Crippen LogP contribution is -2.25. The molecular weight excluding hydrogens is 230 g/mol. The molecule has 1 aliphatic carbocycles. The Morgan fingerprint density at radius 1 is 1.41 bits per heavy atom. The van der Waals surface area contributed by atoms with Gasteiger partial charge in [0.15, 0.2) is 0 Å². The highest BCUT2D eigenvalue weighted by atomic mass is 32.1. The summed E-state index contributed by atoms with van der Waals surface area (Å²) >= 11 is 1.81. The summed E-state index contributed by atoms with van der Waals surface area (Å²) in [6.45, 7) is 8.80. The lowest BCUT2D eigenvalue weighted by molar-refractivity contribution is 0.308. The molecule has 2 rings (SSSR count). The summed E-state index contributed by atoms with van der Waals surface area (Å²) in [5.41, 5.74) is 1.22. The van der Waals surface area contributed by atoms with Gasteiger partial charge in [0.05, 0.1) is 10.7 Å². The van der Waals surface area contributed by atoms with E-state index in [1.54, 1.807) is 11.3 Å².